The lowest BCUT2D eigenvalue weighted by Gasteiger charge is -2.08. The van der Waals surface area contributed by atoms with E-state index in [9.17, 15) is 14.7 Å². The van der Waals surface area contributed by atoms with E-state index in [0.29, 0.717) is 29.2 Å². The fraction of sp³-hybridized carbons (Fsp3) is 0.143. The van der Waals surface area contributed by atoms with E-state index in [1.54, 1.807) is 36.0 Å². The topological polar surface area (TPSA) is 124 Å². The molecule has 0 saturated carbocycles. The second kappa shape index (κ2) is 10.9. The molecule has 38 heavy (non-hydrogen) atoms. The van der Waals surface area contributed by atoms with E-state index in [4.69, 9.17) is 14.2 Å². The van der Waals surface area contributed by atoms with E-state index in [1.165, 1.54) is 6.08 Å². The van der Waals surface area contributed by atoms with Crippen molar-refractivity contribution < 1.29 is 28.9 Å². The van der Waals surface area contributed by atoms with Gasteiger partial charge in [0.1, 0.15) is 12.3 Å². The van der Waals surface area contributed by atoms with Crippen LogP contribution in [0.3, 0.4) is 0 Å². The van der Waals surface area contributed by atoms with E-state index in [0.717, 1.165) is 16.6 Å². The van der Waals surface area contributed by atoms with Crippen LogP contribution in [0.2, 0.25) is 0 Å². The molecule has 2 heterocycles. The number of amides is 2. The molecule has 0 radical (unpaired) electrons. The molecule has 2 N–H and O–H groups in total. The van der Waals surface area contributed by atoms with Crippen LogP contribution in [0.4, 0.5) is 5.69 Å². The lowest BCUT2D eigenvalue weighted by Crippen LogP contribution is -2.26. The molecule has 0 spiro atoms. The van der Waals surface area contributed by atoms with Crippen LogP contribution in [0.1, 0.15) is 11.1 Å². The van der Waals surface area contributed by atoms with Crippen LogP contribution in [0.25, 0.3) is 17.0 Å². The molecule has 0 saturated heterocycles. The number of hydrogen-bond donors (Lipinski definition) is 2. The quantitative estimate of drug-likeness (QED) is 0.263. The number of carbonyl (C=O) groups excluding carboxylic acids is 2. The van der Waals surface area contributed by atoms with E-state index in [-0.39, 0.29) is 24.9 Å². The third kappa shape index (κ3) is 5.19. The minimum absolute atomic E-state index is 0.135. The van der Waals surface area contributed by atoms with Gasteiger partial charge >= 0.3 is 0 Å². The first-order valence-corrected chi connectivity index (χ1v) is 11.8. The van der Waals surface area contributed by atoms with Crippen molar-refractivity contribution in [3.05, 3.63) is 83.9 Å². The van der Waals surface area contributed by atoms with Crippen molar-refractivity contribution in [2.75, 3.05) is 20.4 Å². The SMILES string of the molecule is COc1ccccc1C=CC(=O)NCC(=O)N=Nc1c(O)n(Cc2ccc3c(c2)OCO3)c2ccccc12. The second-order valence-electron chi connectivity index (χ2n) is 8.35. The third-order valence-electron chi connectivity index (χ3n) is 5.92. The summed E-state index contributed by atoms with van der Waals surface area (Å²) in [6.45, 7) is 0.157. The first-order chi connectivity index (χ1) is 18.5. The maximum Gasteiger partial charge on any atom is 0.283 e. The molecule has 1 aliphatic heterocycles. The highest BCUT2D eigenvalue weighted by Crippen LogP contribution is 2.40. The highest BCUT2D eigenvalue weighted by Gasteiger charge is 2.19. The molecule has 192 valence electrons. The number of nitrogens with zero attached hydrogens (tertiary/aromatic N) is 3. The van der Waals surface area contributed by atoms with Gasteiger partial charge in [-0.2, -0.15) is 0 Å². The second-order valence-corrected chi connectivity index (χ2v) is 8.35. The number of fused-ring (bicyclic) bond motifs is 2. The van der Waals surface area contributed by atoms with Crippen LogP contribution < -0.4 is 19.5 Å². The summed E-state index contributed by atoms with van der Waals surface area (Å²) < 4.78 is 17.7. The third-order valence-corrected chi connectivity index (χ3v) is 5.92. The normalized spacial score (nSPS) is 12.4. The maximum absolute atomic E-state index is 12.3. The molecular weight excluding hydrogens is 488 g/mol. The number of benzene rings is 3. The highest BCUT2D eigenvalue weighted by atomic mass is 16.7. The molecule has 1 aromatic heterocycles. The summed E-state index contributed by atoms with van der Waals surface area (Å²) >= 11 is 0. The average Bonchev–Trinajstić information content (AvgIpc) is 3.51. The molecule has 10 heteroatoms. The van der Waals surface area contributed by atoms with Crippen LogP contribution in [0, 0.1) is 0 Å². The van der Waals surface area contributed by atoms with Crippen LogP contribution in [-0.4, -0.2) is 41.9 Å². The van der Waals surface area contributed by atoms with Crippen molar-refractivity contribution in [1.29, 1.82) is 0 Å². The largest absolute Gasteiger partial charge is 0.496 e. The van der Waals surface area contributed by atoms with Crippen LogP contribution in [0.15, 0.2) is 83.0 Å². The summed E-state index contributed by atoms with van der Waals surface area (Å²) in [4.78, 5) is 24.5. The standard InChI is InChI=1S/C28H24N4O6/c1-36-22-9-5-2-6-19(22)11-13-25(33)29-15-26(34)30-31-27-20-7-3-4-8-21(20)32(28(27)35)16-18-10-12-23-24(14-18)38-17-37-23/h2-14,35H,15-17H2,1H3,(H,29,33). The van der Waals surface area contributed by atoms with Gasteiger partial charge in [-0.25, -0.2) is 0 Å². The zero-order valence-corrected chi connectivity index (χ0v) is 20.5. The molecule has 3 aromatic carbocycles. The van der Waals surface area contributed by atoms with Crippen LogP contribution >= 0.6 is 0 Å². The van der Waals surface area contributed by atoms with Gasteiger partial charge in [0, 0.05) is 17.0 Å². The Morgan fingerprint density at radius 3 is 2.74 bits per heavy atom. The molecule has 1 aliphatic rings. The predicted octanol–water partition coefficient (Wildman–Crippen LogP) is 4.57. The van der Waals surface area contributed by atoms with Crippen molar-refractivity contribution in [2.24, 2.45) is 10.2 Å². The number of azo groups is 1. The van der Waals surface area contributed by atoms with Crippen LogP contribution in [-0.2, 0) is 16.1 Å². The first kappa shape index (κ1) is 24.6. The predicted molar refractivity (Wildman–Crippen MR) is 140 cm³/mol. The van der Waals surface area contributed by atoms with E-state index < -0.39 is 11.8 Å². The smallest absolute Gasteiger partial charge is 0.283 e. The van der Waals surface area contributed by atoms with Crippen molar-refractivity contribution in [1.82, 2.24) is 9.88 Å². The Bertz CT molecular complexity index is 1570. The number of nitrogens with one attached hydrogen (secondary N) is 1. The fourth-order valence-corrected chi connectivity index (χ4v) is 4.08. The molecular formula is C28H24N4O6. The molecule has 0 unspecified atom stereocenters. The van der Waals surface area contributed by atoms with E-state index in [1.807, 2.05) is 48.5 Å². The number of aromatic nitrogens is 1. The van der Waals surface area contributed by atoms with Gasteiger partial charge in [-0.1, -0.05) is 42.5 Å². The van der Waals surface area contributed by atoms with Gasteiger partial charge in [-0.15, -0.1) is 10.2 Å². The Morgan fingerprint density at radius 1 is 1.08 bits per heavy atom. The molecule has 2 amide bonds. The summed E-state index contributed by atoms with van der Waals surface area (Å²) in [6.07, 6.45) is 2.89. The lowest BCUT2D eigenvalue weighted by atomic mass is 10.2. The maximum atomic E-state index is 12.3. The molecule has 0 atom stereocenters. The highest BCUT2D eigenvalue weighted by molar-refractivity contribution is 5.96. The number of hydrogen-bond acceptors (Lipinski definition) is 7. The zero-order valence-electron chi connectivity index (χ0n) is 20.5. The number of rotatable bonds is 8. The molecule has 4 aromatic rings. The van der Waals surface area contributed by atoms with Crippen molar-refractivity contribution in [3.63, 3.8) is 0 Å². The molecule has 0 bridgehead atoms. The van der Waals surface area contributed by atoms with Gasteiger partial charge in [0.25, 0.3) is 5.91 Å². The van der Waals surface area contributed by atoms with Gasteiger partial charge in [0.2, 0.25) is 18.6 Å². The number of carbonyl (C=O) groups is 2. The monoisotopic (exact) mass is 512 g/mol. The average molecular weight is 513 g/mol. The van der Waals surface area contributed by atoms with Gasteiger partial charge in [0.15, 0.2) is 17.2 Å². The van der Waals surface area contributed by atoms with E-state index in [2.05, 4.69) is 15.5 Å². The minimum atomic E-state index is -0.670. The number of aromatic hydroxyl groups is 1. The summed E-state index contributed by atoms with van der Waals surface area (Å²) in [5.41, 5.74) is 2.49. The van der Waals surface area contributed by atoms with Gasteiger partial charge in [0.05, 0.1) is 19.2 Å². The fourth-order valence-electron chi connectivity index (χ4n) is 4.08. The summed E-state index contributed by atoms with van der Waals surface area (Å²) in [6, 6.07) is 20.1. The molecule has 0 aliphatic carbocycles. The van der Waals surface area contributed by atoms with Crippen molar-refractivity contribution >= 4 is 34.5 Å². The van der Waals surface area contributed by atoms with Gasteiger partial charge < -0.3 is 29.2 Å². The van der Waals surface area contributed by atoms with Crippen LogP contribution in [0.5, 0.6) is 23.1 Å². The summed E-state index contributed by atoms with van der Waals surface area (Å²) in [5.74, 6) is 0.663. The Hall–Kier alpha value is -5.12. The Labute approximate surface area is 217 Å². The Morgan fingerprint density at radius 2 is 1.87 bits per heavy atom. The molecule has 0 fully saturated rings. The lowest BCUT2D eigenvalue weighted by molar-refractivity contribution is -0.122. The van der Waals surface area contributed by atoms with Crippen molar-refractivity contribution in [2.45, 2.75) is 6.54 Å². The van der Waals surface area contributed by atoms with Gasteiger partial charge in [-0.3, -0.25) is 9.59 Å². The molecule has 10 nitrogen and oxygen atoms in total. The minimum Gasteiger partial charge on any atom is -0.496 e. The summed E-state index contributed by atoms with van der Waals surface area (Å²) in [5, 5.41) is 21.8. The number of para-hydroxylation sites is 2. The van der Waals surface area contributed by atoms with Gasteiger partial charge in [-0.05, 0) is 35.9 Å². The number of methoxy groups -OCH3 is 1. The first-order valence-electron chi connectivity index (χ1n) is 11.8. The molecule has 5 rings (SSSR count). The zero-order chi connectivity index (χ0) is 26.5. The Balaban J connectivity index is 1.27. The van der Waals surface area contributed by atoms with Crippen molar-refractivity contribution in [3.8, 4) is 23.1 Å². The summed E-state index contributed by atoms with van der Waals surface area (Å²) in [7, 11) is 1.54. The van der Waals surface area contributed by atoms with E-state index >= 15 is 0 Å². The Kier molecular flexibility index (Phi) is 7.03. The number of ether oxygens (including phenoxy) is 3.